The molecule has 0 radical (unpaired) electrons. The van der Waals surface area contributed by atoms with Crippen LogP contribution in [0.1, 0.15) is 40.5 Å². The van der Waals surface area contributed by atoms with Crippen molar-refractivity contribution in [2.75, 3.05) is 24.6 Å². The number of carbonyl (C=O) groups is 4. The van der Waals surface area contributed by atoms with E-state index >= 15 is 0 Å². The van der Waals surface area contributed by atoms with E-state index in [1.54, 1.807) is 29.2 Å². The van der Waals surface area contributed by atoms with Crippen LogP contribution in [0.3, 0.4) is 0 Å². The first-order valence-corrected chi connectivity index (χ1v) is 12.3. The van der Waals surface area contributed by atoms with E-state index in [4.69, 9.17) is 4.74 Å². The van der Waals surface area contributed by atoms with Gasteiger partial charge in [0.05, 0.1) is 5.69 Å². The normalized spacial score (nSPS) is 12.7. The number of rotatable bonds is 8. The topological polar surface area (TPSA) is 84.0 Å². The zero-order valence-corrected chi connectivity index (χ0v) is 20.5. The third kappa shape index (κ3) is 4.56. The van der Waals surface area contributed by atoms with E-state index in [-0.39, 0.29) is 43.7 Å². The molecule has 0 unspecified atom stereocenters. The smallest absolute Gasteiger partial charge is 0.306 e. The summed E-state index contributed by atoms with van der Waals surface area (Å²) in [7, 11) is 0. The molecule has 0 atom stereocenters. The van der Waals surface area contributed by atoms with Crippen molar-refractivity contribution in [1.82, 2.24) is 4.90 Å². The number of hydrogen-bond acceptors (Lipinski definition) is 5. The fourth-order valence-electron chi connectivity index (χ4n) is 4.88. The Labute approximate surface area is 214 Å². The highest BCUT2D eigenvalue weighted by molar-refractivity contribution is 6.25. The summed E-state index contributed by atoms with van der Waals surface area (Å²) in [6.07, 6.45) is 0.222. The second-order valence-corrected chi connectivity index (χ2v) is 8.87. The van der Waals surface area contributed by atoms with Gasteiger partial charge in [-0.2, -0.15) is 0 Å². The van der Waals surface area contributed by atoms with Crippen molar-refractivity contribution in [2.24, 2.45) is 0 Å². The molecule has 1 aliphatic rings. The zero-order valence-electron chi connectivity index (χ0n) is 20.5. The number of ether oxygens (including phenoxy) is 1. The molecule has 186 valence electrons. The Morgan fingerprint density at radius 1 is 0.811 bits per heavy atom. The Morgan fingerprint density at radius 3 is 2.14 bits per heavy atom. The van der Waals surface area contributed by atoms with E-state index in [9.17, 15) is 19.2 Å². The molecule has 0 saturated carbocycles. The van der Waals surface area contributed by atoms with E-state index in [1.165, 1.54) is 4.90 Å². The summed E-state index contributed by atoms with van der Waals surface area (Å²) >= 11 is 0. The Bertz CT molecular complexity index is 1490. The standard InChI is InChI=1S/C30H26N2O5/c1-2-31(25-16-7-10-20-9-3-4-13-22(20)25)26(33)19-37-27(34)17-8-18-32-29(35)23-14-5-11-21-12-6-15-24(28(21)23)30(32)36/h3-7,9-16H,2,8,17-19H2,1H3. The molecular formula is C30H26N2O5. The van der Waals surface area contributed by atoms with Crippen LogP contribution in [-0.2, 0) is 14.3 Å². The highest BCUT2D eigenvalue weighted by Crippen LogP contribution is 2.30. The lowest BCUT2D eigenvalue weighted by molar-refractivity contribution is -0.148. The second kappa shape index (κ2) is 10.2. The van der Waals surface area contributed by atoms with Gasteiger partial charge in [-0.05, 0) is 42.3 Å². The largest absolute Gasteiger partial charge is 0.456 e. The minimum absolute atomic E-state index is 0.0173. The maximum atomic E-state index is 13.0. The first-order chi connectivity index (χ1) is 18.0. The molecule has 5 rings (SSSR count). The van der Waals surface area contributed by atoms with Gasteiger partial charge in [-0.15, -0.1) is 0 Å². The SMILES string of the molecule is CCN(C(=O)COC(=O)CCCN1C(=O)c2cccc3cccc(c23)C1=O)c1cccc2ccccc12. The van der Waals surface area contributed by atoms with Crippen LogP contribution in [-0.4, -0.2) is 48.3 Å². The molecule has 37 heavy (non-hydrogen) atoms. The Morgan fingerprint density at radius 2 is 1.43 bits per heavy atom. The van der Waals surface area contributed by atoms with Crippen molar-refractivity contribution in [1.29, 1.82) is 0 Å². The lowest BCUT2D eigenvalue weighted by Gasteiger charge is -2.27. The highest BCUT2D eigenvalue weighted by atomic mass is 16.5. The fraction of sp³-hybridized carbons (Fsp3) is 0.200. The Balaban J connectivity index is 1.18. The maximum absolute atomic E-state index is 13.0. The van der Waals surface area contributed by atoms with Crippen LogP contribution in [0.15, 0.2) is 78.9 Å². The van der Waals surface area contributed by atoms with Crippen LogP contribution >= 0.6 is 0 Å². The predicted octanol–water partition coefficient (Wildman–Crippen LogP) is 4.97. The molecular weight excluding hydrogens is 468 g/mol. The molecule has 0 fully saturated rings. The van der Waals surface area contributed by atoms with Crippen molar-refractivity contribution < 1.29 is 23.9 Å². The van der Waals surface area contributed by atoms with Crippen LogP contribution in [0.4, 0.5) is 5.69 Å². The number of nitrogens with zero attached hydrogens (tertiary/aromatic N) is 2. The van der Waals surface area contributed by atoms with Gasteiger partial charge in [0, 0.05) is 41.4 Å². The monoisotopic (exact) mass is 494 g/mol. The lowest BCUT2D eigenvalue weighted by Crippen LogP contribution is -2.41. The van der Waals surface area contributed by atoms with E-state index in [0.29, 0.717) is 23.1 Å². The summed E-state index contributed by atoms with van der Waals surface area (Å²) in [5, 5.41) is 3.47. The van der Waals surface area contributed by atoms with Crippen molar-refractivity contribution in [3.63, 3.8) is 0 Å². The van der Waals surface area contributed by atoms with E-state index < -0.39 is 5.97 Å². The number of imide groups is 1. The molecule has 0 N–H and O–H groups in total. The van der Waals surface area contributed by atoms with Crippen LogP contribution in [0.5, 0.6) is 0 Å². The average Bonchev–Trinajstić information content (AvgIpc) is 2.93. The van der Waals surface area contributed by atoms with Crippen molar-refractivity contribution >= 4 is 50.9 Å². The fourth-order valence-corrected chi connectivity index (χ4v) is 4.88. The number of likely N-dealkylation sites (N-methyl/N-ethyl adjacent to an activating group) is 1. The van der Waals surface area contributed by atoms with E-state index in [2.05, 4.69) is 0 Å². The van der Waals surface area contributed by atoms with Crippen LogP contribution < -0.4 is 4.90 Å². The van der Waals surface area contributed by atoms with Gasteiger partial charge in [-0.3, -0.25) is 24.1 Å². The number of hydrogen-bond donors (Lipinski definition) is 0. The number of esters is 1. The number of amides is 3. The zero-order chi connectivity index (χ0) is 25.9. The van der Waals surface area contributed by atoms with Gasteiger partial charge in [0.25, 0.3) is 17.7 Å². The Hall–Kier alpha value is -4.52. The molecule has 1 heterocycles. The molecule has 0 aliphatic carbocycles. The molecule has 7 heteroatoms. The van der Waals surface area contributed by atoms with Crippen molar-refractivity contribution in [3.8, 4) is 0 Å². The number of benzene rings is 4. The minimum atomic E-state index is -0.554. The molecule has 1 aliphatic heterocycles. The molecule has 0 spiro atoms. The molecule has 7 nitrogen and oxygen atoms in total. The van der Waals surface area contributed by atoms with Crippen LogP contribution in [0.2, 0.25) is 0 Å². The quantitative estimate of drug-likeness (QED) is 0.255. The van der Waals surface area contributed by atoms with Crippen LogP contribution in [0.25, 0.3) is 21.5 Å². The van der Waals surface area contributed by atoms with Gasteiger partial charge < -0.3 is 9.64 Å². The molecule has 3 amide bonds. The number of anilines is 1. The van der Waals surface area contributed by atoms with Crippen molar-refractivity contribution in [2.45, 2.75) is 19.8 Å². The summed E-state index contributed by atoms with van der Waals surface area (Å²) in [5.41, 5.74) is 1.72. The van der Waals surface area contributed by atoms with Crippen LogP contribution in [0, 0.1) is 0 Å². The summed E-state index contributed by atoms with van der Waals surface area (Å²) in [5.74, 6) is -1.61. The highest BCUT2D eigenvalue weighted by Gasteiger charge is 2.32. The van der Waals surface area contributed by atoms with Gasteiger partial charge >= 0.3 is 5.97 Å². The van der Waals surface area contributed by atoms with Gasteiger partial charge in [0.15, 0.2) is 6.61 Å². The second-order valence-electron chi connectivity index (χ2n) is 8.87. The lowest BCUT2D eigenvalue weighted by atomic mass is 9.94. The summed E-state index contributed by atoms with van der Waals surface area (Å²) in [4.78, 5) is 54.0. The Kier molecular flexibility index (Phi) is 6.68. The summed E-state index contributed by atoms with van der Waals surface area (Å²) in [6, 6.07) is 24.3. The van der Waals surface area contributed by atoms with E-state index in [0.717, 1.165) is 21.8 Å². The summed E-state index contributed by atoms with van der Waals surface area (Å²) < 4.78 is 5.25. The first kappa shape index (κ1) is 24.2. The molecule has 0 saturated heterocycles. The molecule has 0 bridgehead atoms. The van der Waals surface area contributed by atoms with Gasteiger partial charge in [-0.25, -0.2) is 0 Å². The molecule has 4 aromatic carbocycles. The number of fused-ring (bicyclic) bond motifs is 1. The maximum Gasteiger partial charge on any atom is 0.306 e. The third-order valence-corrected chi connectivity index (χ3v) is 6.65. The molecule has 4 aromatic rings. The van der Waals surface area contributed by atoms with Crippen molar-refractivity contribution in [3.05, 3.63) is 90.0 Å². The average molecular weight is 495 g/mol. The third-order valence-electron chi connectivity index (χ3n) is 6.65. The predicted molar refractivity (Wildman–Crippen MR) is 141 cm³/mol. The van der Waals surface area contributed by atoms with Gasteiger partial charge in [0.1, 0.15) is 0 Å². The van der Waals surface area contributed by atoms with E-state index in [1.807, 2.05) is 61.5 Å². The first-order valence-electron chi connectivity index (χ1n) is 12.3. The number of carbonyl (C=O) groups excluding carboxylic acids is 4. The molecule has 0 aromatic heterocycles. The summed E-state index contributed by atoms with van der Waals surface area (Å²) in [6.45, 7) is 2.00. The minimum Gasteiger partial charge on any atom is -0.456 e. The van der Waals surface area contributed by atoms with Gasteiger partial charge in [-0.1, -0.05) is 60.7 Å². The van der Waals surface area contributed by atoms with Gasteiger partial charge in [0.2, 0.25) is 0 Å².